The molecule has 56 valence electrons. The van der Waals surface area contributed by atoms with E-state index in [-0.39, 0.29) is 5.82 Å². The van der Waals surface area contributed by atoms with Crippen LogP contribution in [0.4, 0.5) is 10.2 Å². The Morgan fingerprint density at radius 2 is 2.27 bits per heavy atom. The lowest BCUT2D eigenvalue weighted by Crippen LogP contribution is -1.93. The summed E-state index contributed by atoms with van der Waals surface area (Å²) >= 11 is 1.22. The fraction of sp³-hybridized carbons (Fsp3) is 0. The van der Waals surface area contributed by atoms with Crippen LogP contribution in [0.5, 0.6) is 0 Å². The number of halogens is 1. The number of pyridine rings is 1. The van der Waals surface area contributed by atoms with E-state index in [1.165, 1.54) is 17.5 Å². The number of aromatic nitrogens is 2. The summed E-state index contributed by atoms with van der Waals surface area (Å²) in [6, 6.07) is 0. The van der Waals surface area contributed by atoms with Crippen molar-refractivity contribution in [2.75, 3.05) is 5.73 Å². The van der Waals surface area contributed by atoms with E-state index in [4.69, 9.17) is 5.73 Å². The van der Waals surface area contributed by atoms with E-state index in [9.17, 15) is 4.39 Å². The van der Waals surface area contributed by atoms with Crippen LogP contribution in [0.25, 0.3) is 10.2 Å². The Labute approximate surface area is 65.7 Å². The molecule has 5 heteroatoms. The van der Waals surface area contributed by atoms with Crippen molar-refractivity contribution in [1.29, 1.82) is 0 Å². The lowest BCUT2D eigenvalue weighted by atomic mass is 10.4. The van der Waals surface area contributed by atoms with E-state index < -0.39 is 5.82 Å². The molecule has 0 aromatic carbocycles. The standard InChI is InChI=1S/C6H4FN3S/c7-4-5-3(10-2-11-5)1-9-6(4)8/h1-2H,(H2,8,9). The minimum absolute atomic E-state index is 0.0678. The highest BCUT2D eigenvalue weighted by molar-refractivity contribution is 7.16. The number of nitrogens with zero attached hydrogens (tertiary/aromatic N) is 2. The predicted molar refractivity (Wildman–Crippen MR) is 41.8 cm³/mol. The fourth-order valence-electron chi connectivity index (χ4n) is 0.815. The highest BCUT2D eigenvalue weighted by atomic mass is 32.1. The van der Waals surface area contributed by atoms with Crippen LogP contribution in [0.15, 0.2) is 11.7 Å². The lowest BCUT2D eigenvalue weighted by Gasteiger charge is -1.93. The Bertz CT molecular complexity index is 398. The Kier molecular flexibility index (Phi) is 1.25. The molecule has 2 heterocycles. The zero-order chi connectivity index (χ0) is 7.84. The molecule has 2 aromatic rings. The first kappa shape index (κ1) is 6.48. The van der Waals surface area contributed by atoms with Gasteiger partial charge in [0.1, 0.15) is 5.52 Å². The molecule has 2 N–H and O–H groups in total. The number of thiazole rings is 1. The molecule has 0 aliphatic rings. The van der Waals surface area contributed by atoms with Crippen molar-refractivity contribution in [3.8, 4) is 0 Å². The minimum atomic E-state index is -0.468. The molecule has 0 radical (unpaired) electrons. The molecule has 0 aliphatic carbocycles. The van der Waals surface area contributed by atoms with E-state index in [2.05, 4.69) is 9.97 Å². The molecule has 11 heavy (non-hydrogen) atoms. The van der Waals surface area contributed by atoms with Crippen LogP contribution in [0.2, 0.25) is 0 Å². The molecule has 0 spiro atoms. The summed E-state index contributed by atoms with van der Waals surface area (Å²) in [7, 11) is 0. The zero-order valence-electron chi connectivity index (χ0n) is 5.41. The van der Waals surface area contributed by atoms with Crippen molar-refractivity contribution in [2.24, 2.45) is 0 Å². The first-order chi connectivity index (χ1) is 5.29. The van der Waals surface area contributed by atoms with Gasteiger partial charge >= 0.3 is 0 Å². The number of fused-ring (bicyclic) bond motifs is 1. The second kappa shape index (κ2) is 2.13. The van der Waals surface area contributed by atoms with Crippen molar-refractivity contribution in [3.63, 3.8) is 0 Å². The van der Waals surface area contributed by atoms with Crippen molar-refractivity contribution in [1.82, 2.24) is 9.97 Å². The molecule has 0 saturated heterocycles. The van der Waals surface area contributed by atoms with Crippen LogP contribution in [-0.4, -0.2) is 9.97 Å². The number of rotatable bonds is 0. The predicted octanol–water partition coefficient (Wildman–Crippen LogP) is 1.41. The average Bonchev–Trinajstić information content (AvgIpc) is 2.45. The van der Waals surface area contributed by atoms with E-state index in [1.54, 1.807) is 5.51 Å². The third-order valence-corrected chi connectivity index (χ3v) is 2.18. The van der Waals surface area contributed by atoms with Gasteiger partial charge in [-0.15, -0.1) is 11.3 Å². The summed E-state index contributed by atoms with van der Waals surface area (Å²) in [6.45, 7) is 0. The molecule has 0 saturated carbocycles. The largest absolute Gasteiger partial charge is 0.381 e. The van der Waals surface area contributed by atoms with Gasteiger partial charge in [0.25, 0.3) is 0 Å². The van der Waals surface area contributed by atoms with Gasteiger partial charge in [0.15, 0.2) is 11.6 Å². The summed E-state index contributed by atoms with van der Waals surface area (Å²) in [5, 5.41) is 0. The fourth-order valence-corrected chi connectivity index (χ4v) is 1.52. The molecule has 2 rings (SSSR count). The maximum atomic E-state index is 13.0. The van der Waals surface area contributed by atoms with Gasteiger partial charge in [0.05, 0.1) is 16.4 Å². The SMILES string of the molecule is Nc1ncc2ncsc2c1F. The van der Waals surface area contributed by atoms with Crippen molar-refractivity contribution in [3.05, 3.63) is 17.5 Å². The quantitative estimate of drug-likeness (QED) is 0.648. The van der Waals surface area contributed by atoms with Gasteiger partial charge in [-0.3, -0.25) is 0 Å². The van der Waals surface area contributed by atoms with Crippen LogP contribution in [0, 0.1) is 5.82 Å². The summed E-state index contributed by atoms with van der Waals surface area (Å²) < 4.78 is 13.5. The highest BCUT2D eigenvalue weighted by Crippen LogP contribution is 2.22. The van der Waals surface area contributed by atoms with Gasteiger partial charge < -0.3 is 5.73 Å². The lowest BCUT2D eigenvalue weighted by molar-refractivity contribution is 0.641. The highest BCUT2D eigenvalue weighted by Gasteiger charge is 2.06. The van der Waals surface area contributed by atoms with Gasteiger partial charge in [0, 0.05) is 0 Å². The van der Waals surface area contributed by atoms with Crippen LogP contribution in [-0.2, 0) is 0 Å². The summed E-state index contributed by atoms with van der Waals surface area (Å²) in [5.74, 6) is -0.535. The summed E-state index contributed by atoms with van der Waals surface area (Å²) in [6.07, 6.45) is 1.46. The Hall–Kier alpha value is -1.23. The van der Waals surface area contributed by atoms with Crippen LogP contribution in [0.1, 0.15) is 0 Å². The number of hydrogen-bond donors (Lipinski definition) is 1. The smallest absolute Gasteiger partial charge is 0.184 e. The molecule has 3 nitrogen and oxygen atoms in total. The second-order valence-electron chi connectivity index (χ2n) is 2.02. The number of hydrogen-bond acceptors (Lipinski definition) is 4. The normalized spacial score (nSPS) is 10.6. The number of nitrogen functional groups attached to an aromatic ring is 1. The summed E-state index contributed by atoms with van der Waals surface area (Å²) in [5.41, 5.74) is 7.36. The Morgan fingerprint density at radius 1 is 1.45 bits per heavy atom. The van der Waals surface area contributed by atoms with Gasteiger partial charge in [-0.2, -0.15) is 0 Å². The molecular formula is C6H4FN3S. The molecule has 0 atom stereocenters. The third-order valence-electron chi connectivity index (χ3n) is 1.35. The van der Waals surface area contributed by atoms with Crippen molar-refractivity contribution >= 4 is 27.4 Å². The minimum Gasteiger partial charge on any atom is -0.381 e. The molecule has 0 unspecified atom stereocenters. The van der Waals surface area contributed by atoms with E-state index in [0.717, 1.165) is 0 Å². The molecule has 2 aromatic heterocycles. The van der Waals surface area contributed by atoms with Crippen molar-refractivity contribution < 1.29 is 4.39 Å². The van der Waals surface area contributed by atoms with E-state index in [0.29, 0.717) is 10.2 Å². The van der Waals surface area contributed by atoms with E-state index in [1.807, 2.05) is 0 Å². The van der Waals surface area contributed by atoms with E-state index >= 15 is 0 Å². The van der Waals surface area contributed by atoms with Gasteiger partial charge in [-0.05, 0) is 0 Å². The van der Waals surface area contributed by atoms with Crippen molar-refractivity contribution in [2.45, 2.75) is 0 Å². The first-order valence-electron chi connectivity index (χ1n) is 2.92. The number of anilines is 1. The number of nitrogens with two attached hydrogens (primary N) is 1. The van der Waals surface area contributed by atoms with Gasteiger partial charge in [-0.1, -0.05) is 0 Å². The molecule has 0 amide bonds. The second-order valence-corrected chi connectivity index (χ2v) is 2.88. The van der Waals surface area contributed by atoms with Crippen LogP contribution in [0.3, 0.4) is 0 Å². The topological polar surface area (TPSA) is 51.8 Å². The van der Waals surface area contributed by atoms with Gasteiger partial charge in [0.2, 0.25) is 0 Å². The Morgan fingerprint density at radius 3 is 3.09 bits per heavy atom. The molecule has 0 aliphatic heterocycles. The van der Waals surface area contributed by atoms with Crippen LogP contribution >= 0.6 is 11.3 Å². The molecular weight excluding hydrogens is 165 g/mol. The maximum Gasteiger partial charge on any atom is 0.184 e. The zero-order valence-corrected chi connectivity index (χ0v) is 6.23. The Balaban J connectivity index is 2.93. The van der Waals surface area contributed by atoms with Gasteiger partial charge in [-0.25, -0.2) is 14.4 Å². The first-order valence-corrected chi connectivity index (χ1v) is 3.80. The third kappa shape index (κ3) is 0.848. The average molecular weight is 169 g/mol. The molecule has 0 bridgehead atoms. The maximum absolute atomic E-state index is 13.0. The summed E-state index contributed by atoms with van der Waals surface area (Å²) in [4.78, 5) is 7.51. The monoisotopic (exact) mass is 169 g/mol. The van der Waals surface area contributed by atoms with Crippen LogP contribution < -0.4 is 5.73 Å². The molecule has 0 fully saturated rings.